The summed E-state index contributed by atoms with van der Waals surface area (Å²) in [6.07, 6.45) is -10.1. The van der Waals surface area contributed by atoms with Crippen LogP contribution in [0.25, 0.3) is 105 Å². The van der Waals surface area contributed by atoms with E-state index in [0.717, 1.165) is 101 Å². The van der Waals surface area contributed by atoms with Gasteiger partial charge in [0.05, 0.1) is 27.8 Å². The maximum atomic E-state index is 14.6. The first-order valence-electron chi connectivity index (χ1n) is 29.1. The molecule has 1 heterocycles. The molecule has 10 aromatic carbocycles. The second-order valence-corrected chi connectivity index (χ2v) is 26.9. The molecule has 0 aliphatic heterocycles. The summed E-state index contributed by atoms with van der Waals surface area (Å²) in [5.41, 5.74) is 15.9. The lowest BCUT2D eigenvalue weighted by molar-refractivity contribution is -0.143. The SMILES string of the molecule is CC(C)(C)c1ccccc1-c1cc(-c2ccc3c(c2)c2cc(-c4cc(-c5ccccc5C(C)(C)C)cc(-c5ccccc5C(C)(C)C)c4)ccc2n3-c2ccccc2-c2cc(C(F)(F)F)cc(C(F)(F)F)c2)cc(-c2ccccc2C(C)(C)C)c1. The first kappa shape index (κ1) is 58.4. The highest BCUT2D eigenvalue weighted by atomic mass is 19.4. The molecule has 0 spiro atoms. The number of para-hydroxylation sites is 1. The van der Waals surface area contributed by atoms with E-state index in [1.807, 2.05) is 16.7 Å². The van der Waals surface area contributed by atoms with Crippen molar-refractivity contribution in [2.45, 2.75) is 117 Å². The number of rotatable bonds is 8. The van der Waals surface area contributed by atoms with Gasteiger partial charge in [0.15, 0.2) is 0 Å². The molecule has 11 rings (SSSR count). The molecule has 0 amide bonds. The molecule has 0 fully saturated rings. The minimum Gasteiger partial charge on any atom is -0.309 e. The van der Waals surface area contributed by atoms with Crippen LogP contribution in [0.3, 0.4) is 0 Å². The average molecular weight is 1140 g/mol. The van der Waals surface area contributed by atoms with Gasteiger partial charge in [0.1, 0.15) is 0 Å². The summed E-state index contributed by atoms with van der Waals surface area (Å²) in [5.74, 6) is 0. The summed E-state index contributed by atoms with van der Waals surface area (Å²) in [7, 11) is 0. The maximum Gasteiger partial charge on any atom is 0.416 e. The number of halogens is 6. The molecule has 0 unspecified atom stereocenters. The average Bonchev–Trinajstić information content (AvgIpc) is 1.80. The van der Waals surface area contributed by atoms with Crippen molar-refractivity contribution >= 4 is 21.8 Å². The quantitative estimate of drug-likeness (QED) is 0.134. The molecular weight excluding hydrogens is 1060 g/mol. The Kier molecular flexibility index (Phi) is 14.6. The molecular formula is C78H71F6N. The van der Waals surface area contributed by atoms with Crippen molar-refractivity contribution in [3.63, 3.8) is 0 Å². The highest BCUT2D eigenvalue weighted by Crippen LogP contribution is 2.47. The van der Waals surface area contributed by atoms with Crippen LogP contribution >= 0.6 is 0 Å². The largest absolute Gasteiger partial charge is 0.416 e. The Morgan fingerprint density at radius 2 is 0.518 bits per heavy atom. The molecule has 1 nitrogen and oxygen atoms in total. The number of alkyl halides is 6. The van der Waals surface area contributed by atoms with Crippen LogP contribution in [0.2, 0.25) is 0 Å². The third kappa shape index (κ3) is 11.5. The zero-order chi connectivity index (χ0) is 60.8. The first-order chi connectivity index (χ1) is 39.9. The second kappa shape index (κ2) is 21.3. The van der Waals surface area contributed by atoms with Gasteiger partial charge in [-0.1, -0.05) is 210 Å². The van der Waals surface area contributed by atoms with Gasteiger partial charge in [-0.25, -0.2) is 0 Å². The van der Waals surface area contributed by atoms with E-state index in [9.17, 15) is 26.3 Å². The van der Waals surface area contributed by atoms with E-state index < -0.39 is 23.5 Å². The number of nitrogens with zero attached hydrogens (tertiary/aromatic N) is 1. The van der Waals surface area contributed by atoms with Crippen LogP contribution < -0.4 is 0 Å². The van der Waals surface area contributed by atoms with Crippen LogP contribution in [0, 0.1) is 0 Å². The number of fused-ring (bicyclic) bond motifs is 3. The maximum absolute atomic E-state index is 14.6. The molecule has 0 radical (unpaired) electrons. The molecule has 0 aliphatic carbocycles. The van der Waals surface area contributed by atoms with Crippen molar-refractivity contribution in [2.24, 2.45) is 0 Å². The van der Waals surface area contributed by atoms with Crippen LogP contribution in [0.4, 0.5) is 26.3 Å². The van der Waals surface area contributed by atoms with Gasteiger partial charge in [0.25, 0.3) is 0 Å². The van der Waals surface area contributed by atoms with Crippen LogP contribution in [-0.4, -0.2) is 4.57 Å². The van der Waals surface area contributed by atoms with Gasteiger partial charge in [-0.05, 0) is 201 Å². The molecule has 0 aliphatic rings. The number of benzene rings is 10. The predicted molar refractivity (Wildman–Crippen MR) is 344 cm³/mol. The third-order valence-electron chi connectivity index (χ3n) is 16.5. The molecule has 7 heteroatoms. The molecule has 0 bridgehead atoms. The highest BCUT2D eigenvalue weighted by Gasteiger charge is 2.38. The lowest BCUT2D eigenvalue weighted by atomic mass is 9.79. The van der Waals surface area contributed by atoms with Gasteiger partial charge in [-0.3, -0.25) is 0 Å². The summed E-state index contributed by atoms with van der Waals surface area (Å²) in [6, 6.07) is 69.2. The summed E-state index contributed by atoms with van der Waals surface area (Å²) in [6.45, 7) is 26.8. The standard InChI is InChI=1S/C78H71F6N/c1-73(2,3)66-28-18-13-23-59(66)52-37-50(38-53(41-52)60-24-14-19-29-67(60)74(4,5)6)48-33-35-71-64(45-48)65-46-49(34-36-72(65)85(71)70-32-22-17-27-63(70)56-43-57(77(79,80)81)47-58(44-56)78(82,83)84)51-39-54(61-25-15-20-30-68(61)75(7,8)9)42-55(40-51)62-26-16-21-31-69(62)76(10,11)12/h13-47H,1-12H3. The Morgan fingerprint density at radius 3 is 0.824 bits per heavy atom. The van der Waals surface area contributed by atoms with E-state index >= 15 is 0 Å². The molecule has 430 valence electrons. The second-order valence-electron chi connectivity index (χ2n) is 26.9. The minimum atomic E-state index is -5.04. The summed E-state index contributed by atoms with van der Waals surface area (Å²) in [5, 5.41) is 1.71. The smallest absolute Gasteiger partial charge is 0.309 e. The third-order valence-corrected chi connectivity index (χ3v) is 16.5. The Morgan fingerprint density at radius 1 is 0.247 bits per heavy atom. The number of aromatic nitrogens is 1. The Balaban J connectivity index is 1.22. The van der Waals surface area contributed by atoms with Gasteiger partial charge >= 0.3 is 12.4 Å². The van der Waals surface area contributed by atoms with Crippen molar-refractivity contribution in [2.75, 3.05) is 0 Å². The van der Waals surface area contributed by atoms with Crippen molar-refractivity contribution in [1.82, 2.24) is 4.57 Å². The molecule has 85 heavy (non-hydrogen) atoms. The summed E-state index contributed by atoms with van der Waals surface area (Å²) in [4.78, 5) is 0. The zero-order valence-corrected chi connectivity index (χ0v) is 50.4. The molecule has 11 aromatic rings. The normalized spacial score (nSPS) is 12.8. The molecule has 0 saturated carbocycles. The molecule has 1 aromatic heterocycles. The van der Waals surface area contributed by atoms with E-state index in [1.54, 1.807) is 24.3 Å². The zero-order valence-electron chi connectivity index (χ0n) is 50.4. The Bertz CT molecular complexity index is 3960. The minimum absolute atomic E-state index is 0.167. The van der Waals surface area contributed by atoms with E-state index in [1.165, 1.54) is 22.3 Å². The fourth-order valence-corrected chi connectivity index (χ4v) is 12.4. The number of hydrogen-bond donors (Lipinski definition) is 0. The molecule has 0 N–H and O–H groups in total. The van der Waals surface area contributed by atoms with Crippen molar-refractivity contribution in [3.05, 3.63) is 246 Å². The molecule has 0 saturated heterocycles. The topological polar surface area (TPSA) is 4.93 Å². The van der Waals surface area contributed by atoms with Gasteiger partial charge in [-0.15, -0.1) is 0 Å². The van der Waals surface area contributed by atoms with Crippen LogP contribution in [0.5, 0.6) is 0 Å². The van der Waals surface area contributed by atoms with E-state index in [2.05, 4.69) is 241 Å². The number of hydrogen-bond acceptors (Lipinski definition) is 0. The van der Waals surface area contributed by atoms with E-state index in [4.69, 9.17) is 0 Å². The van der Waals surface area contributed by atoms with E-state index in [-0.39, 0.29) is 38.9 Å². The molecule has 0 atom stereocenters. The Labute approximate surface area is 496 Å². The van der Waals surface area contributed by atoms with Crippen LogP contribution in [0.15, 0.2) is 212 Å². The highest BCUT2D eigenvalue weighted by molar-refractivity contribution is 6.12. The Hall–Kier alpha value is -8.42. The van der Waals surface area contributed by atoms with Gasteiger partial charge in [0, 0.05) is 16.3 Å². The van der Waals surface area contributed by atoms with Gasteiger partial charge in [-0.2, -0.15) is 26.3 Å². The van der Waals surface area contributed by atoms with Gasteiger partial charge in [0.2, 0.25) is 0 Å². The fraction of sp³-hybridized carbons (Fsp3) is 0.231. The van der Waals surface area contributed by atoms with Crippen LogP contribution in [-0.2, 0) is 34.0 Å². The van der Waals surface area contributed by atoms with Crippen molar-refractivity contribution in [3.8, 4) is 83.6 Å². The predicted octanol–water partition coefficient (Wildman–Crippen LogP) is 23.7. The summed E-state index contributed by atoms with van der Waals surface area (Å²) < 4.78 is 89.6. The van der Waals surface area contributed by atoms with Crippen molar-refractivity contribution in [1.29, 1.82) is 0 Å². The lowest BCUT2D eigenvalue weighted by Crippen LogP contribution is -2.13. The summed E-state index contributed by atoms with van der Waals surface area (Å²) >= 11 is 0. The lowest BCUT2D eigenvalue weighted by Gasteiger charge is -2.25. The van der Waals surface area contributed by atoms with Gasteiger partial charge < -0.3 is 4.57 Å². The van der Waals surface area contributed by atoms with Crippen molar-refractivity contribution < 1.29 is 26.3 Å². The monoisotopic (exact) mass is 1140 g/mol. The fourth-order valence-electron chi connectivity index (χ4n) is 12.4. The van der Waals surface area contributed by atoms with Crippen LogP contribution in [0.1, 0.15) is 116 Å². The first-order valence-corrected chi connectivity index (χ1v) is 29.1. The van der Waals surface area contributed by atoms with E-state index in [0.29, 0.717) is 5.69 Å².